The Bertz CT molecular complexity index is 3210. The average Bonchev–Trinajstić information content (AvgIpc) is 3.85. The Kier molecular flexibility index (Phi) is 14.9. The van der Waals surface area contributed by atoms with Crippen LogP contribution in [0.3, 0.4) is 0 Å². The predicted molar refractivity (Wildman–Crippen MR) is 247 cm³/mol. The Morgan fingerprint density at radius 1 is 0.697 bits per heavy atom. The molecule has 0 unspecified atom stereocenters. The third kappa shape index (κ3) is 10.7. The number of anilines is 2. The summed E-state index contributed by atoms with van der Waals surface area (Å²) in [6.07, 6.45) is -9.47. The fourth-order valence-corrected chi connectivity index (χ4v) is 7.85. The number of halogens is 6. The van der Waals surface area contributed by atoms with Gasteiger partial charge in [-0.15, -0.1) is 0 Å². The number of aromatic nitrogens is 5. The number of aromatic amines is 1. The first-order chi connectivity index (χ1) is 30.5. The van der Waals surface area contributed by atoms with Gasteiger partial charge in [-0.05, 0) is 134 Å². The van der Waals surface area contributed by atoms with E-state index in [0.29, 0.717) is 33.5 Å². The Morgan fingerprint density at radius 2 is 1.20 bits per heavy atom. The maximum absolute atomic E-state index is 12.9. The van der Waals surface area contributed by atoms with Gasteiger partial charge in [-0.25, -0.2) is 14.2 Å². The van der Waals surface area contributed by atoms with Crippen LogP contribution in [0.2, 0.25) is 0 Å². The highest BCUT2D eigenvalue weighted by molar-refractivity contribution is 7.14. The van der Waals surface area contributed by atoms with Gasteiger partial charge in [0.25, 0.3) is 11.6 Å². The minimum atomic E-state index is -4.83. The molecule has 4 aromatic carbocycles. The van der Waals surface area contributed by atoms with Crippen molar-refractivity contribution in [2.24, 2.45) is 0 Å². The number of ether oxygens (including phenoxy) is 2. The Morgan fingerprint density at radius 3 is 1.67 bits per heavy atom. The van der Waals surface area contributed by atoms with E-state index in [2.05, 4.69) is 44.1 Å². The van der Waals surface area contributed by atoms with E-state index >= 15 is 0 Å². The molecular formula is C45H43F6N7O6S2. The van der Waals surface area contributed by atoms with E-state index in [9.17, 15) is 40.7 Å². The van der Waals surface area contributed by atoms with Gasteiger partial charge in [0.15, 0.2) is 5.69 Å². The van der Waals surface area contributed by atoms with Crippen molar-refractivity contribution in [1.82, 2.24) is 23.3 Å². The van der Waals surface area contributed by atoms with Gasteiger partial charge in [-0.2, -0.15) is 40.1 Å². The van der Waals surface area contributed by atoms with Gasteiger partial charge < -0.3 is 29.5 Å². The fourth-order valence-electron chi connectivity index (χ4n) is 6.32. The summed E-state index contributed by atoms with van der Waals surface area (Å²) < 4.78 is 102. The third-order valence-electron chi connectivity index (χ3n) is 9.92. The highest BCUT2D eigenvalue weighted by Crippen LogP contribution is 2.40. The number of nitrogens with one attached hydrogen (secondary N) is 1. The molecule has 8 aromatic rings. The largest absolute Gasteiger partial charge is 0.496 e. The molecule has 4 heterocycles. The van der Waals surface area contributed by atoms with Crippen LogP contribution in [0.25, 0.3) is 48.4 Å². The van der Waals surface area contributed by atoms with Gasteiger partial charge in [0, 0.05) is 47.7 Å². The number of aryl methyl sites for hydroxylation is 4. The number of nitrogens with zero attached hydrogens (tertiary/aromatic N) is 5. The summed E-state index contributed by atoms with van der Waals surface area (Å²) >= 11 is 2.71. The Labute approximate surface area is 381 Å². The minimum absolute atomic E-state index is 0. The molecule has 0 radical (unpaired) electrons. The molecule has 8 rings (SSSR count). The molecule has 66 heavy (non-hydrogen) atoms. The number of benzene rings is 4. The molecule has 13 nitrogen and oxygen atoms in total. The van der Waals surface area contributed by atoms with Gasteiger partial charge in [-0.3, -0.25) is 4.79 Å². The molecule has 0 aliphatic carbocycles. The van der Waals surface area contributed by atoms with Crippen molar-refractivity contribution in [2.45, 2.75) is 47.5 Å². The predicted octanol–water partition coefficient (Wildman–Crippen LogP) is 10.4. The molecule has 0 bridgehead atoms. The molecular weight excluding hydrogens is 913 g/mol. The summed E-state index contributed by atoms with van der Waals surface area (Å²) in [6.45, 7) is 8.10. The zero-order valence-corrected chi connectivity index (χ0v) is 37.4. The van der Waals surface area contributed by atoms with Gasteiger partial charge in [0.05, 0.1) is 46.8 Å². The number of hydrogen-bond acceptors (Lipinski definition) is 13. The van der Waals surface area contributed by atoms with Gasteiger partial charge in [-0.1, -0.05) is 7.43 Å². The molecule has 0 saturated heterocycles. The number of alkyl halides is 6. The lowest BCUT2D eigenvalue weighted by Crippen LogP contribution is -2.35. The minimum Gasteiger partial charge on any atom is -0.496 e. The number of hydrogen-bond donors (Lipinski definition) is 2. The topological polar surface area (TPSA) is 171 Å². The standard InChI is InChI=1S/C21H16F3N3O3S.C16H16N2OS.C7H7F3N2O2.CH4/c1-10-6-13(15(30-3)7-11(10)2)19-14-8-12(4-5-16(14)31-26-19)27-18(28)9-17(21(22,23)24)25-20(27)29;1-9-6-12(14(19-3)7-10(9)2)16-13-8-11(17)4-5-15(13)20-18-16;1-12(2)6-11-4(7(8,9)10)3-5(13)14-6;/h4-9H,1-3H3,(H,25,29);4-8H,17H2,1-3H3;3H,1-2H3;1H4. The maximum atomic E-state index is 12.9. The Balaban J connectivity index is 0.000000201. The van der Waals surface area contributed by atoms with E-state index < -0.39 is 40.6 Å². The molecule has 21 heteroatoms. The molecule has 0 atom stereocenters. The number of methoxy groups -OCH3 is 2. The van der Waals surface area contributed by atoms with Crippen molar-refractivity contribution >= 4 is 54.9 Å². The van der Waals surface area contributed by atoms with E-state index in [4.69, 9.17) is 15.2 Å². The van der Waals surface area contributed by atoms with Crippen molar-refractivity contribution in [3.63, 3.8) is 0 Å². The summed E-state index contributed by atoms with van der Waals surface area (Å²) in [5.41, 5.74) is 8.63. The molecule has 3 N–H and O–H groups in total. The summed E-state index contributed by atoms with van der Waals surface area (Å²) in [7, 11) is 6.09. The first kappa shape index (κ1) is 50.0. The summed E-state index contributed by atoms with van der Waals surface area (Å²) in [5, 5.41) is 1.73. The molecule has 0 saturated carbocycles. The SMILES string of the molecule is C.CN(C)c1nc(C(F)(F)F)cc(=O)o1.COc1cc(C)c(C)cc1-c1nsc2ccc(-n3c(=O)cc(C(F)(F)F)[nH]c3=O)cc12.COc1cc(C)c(C)cc1-c1nsc2ccc(N)cc12. The number of nitrogens with two attached hydrogens (primary N) is 1. The number of nitrogen functional groups attached to an aromatic ring is 1. The van der Waals surface area contributed by atoms with Crippen molar-refractivity contribution in [1.29, 1.82) is 0 Å². The first-order valence-corrected chi connectivity index (χ1v) is 20.6. The highest BCUT2D eigenvalue weighted by atomic mass is 32.1. The third-order valence-corrected chi connectivity index (χ3v) is 11.6. The van der Waals surface area contributed by atoms with Crippen molar-refractivity contribution in [3.8, 4) is 39.7 Å². The van der Waals surface area contributed by atoms with Crippen molar-refractivity contribution in [3.05, 3.63) is 138 Å². The molecule has 0 aliphatic heterocycles. The second kappa shape index (κ2) is 19.6. The molecule has 0 aliphatic rings. The van der Waals surface area contributed by atoms with E-state index in [0.717, 1.165) is 54.2 Å². The average molecular weight is 956 g/mol. The van der Waals surface area contributed by atoms with Crippen LogP contribution < -0.4 is 37.0 Å². The smallest absolute Gasteiger partial charge is 0.433 e. The van der Waals surface area contributed by atoms with E-state index in [1.54, 1.807) is 31.3 Å². The maximum Gasteiger partial charge on any atom is 0.433 e. The van der Waals surface area contributed by atoms with Crippen molar-refractivity contribution in [2.75, 3.05) is 38.9 Å². The lowest BCUT2D eigenvalue weighted by atomic mass is 10.0. The van der Waals surface area contributed by atoms with Gasteiger partial charge in [0.2, 0.25) is 0 Å². The van der Waals surface area contributed by atoms with Crippen LogP contribution in [0.1, 0.15) is 41.1 Å². The van der Waals surface area contributed by atoms with Crippen LogP contribution in [0.15, 0.2) is 91.6 Å². The molecule has 348 valence electrons. The highest BCUT2D eigenvalue weighted by Gasteiger charge is 2.34. The van der Waals surface area contributed by atoms with Gasteiger partial charge >= 0.3 is 23.7 Å². The first-order valence-electron chi connectivity index (χ1n) is 19.1. The Hall–Kier alpha value is -7.00. The molecule has 0 fully saturated rings. The van der Waals surface area contributed by atoms with E-state index in [1.165, 1.54) is 59.3 Å². The summed E-state index contributed by atoms with van der Waals surface area (Å²) in [5.74, 6) is 1.47. The zero-order chi connectivity index (χ0) is 47.7. The van der Waals surface area contributed by atoms with Crippen LogP contribution in [-0.4, -0.2) is 51.6 Å². The van der Waals surface area contributed by atoms with Gasteiger partial charge in [0.1, 0.15) is 17.2 Å². The molecule has 4 aromatic heterocycles. The molecule has 0 spiro atoms. The number of H-pyrrole nitrogens is 1. The van der Waals surface area contributed by atoms with Crippen molar-refractivity contribution < 1.29 is 40.2 Å². The van der Waals surface area contributed by atoms with Crippen LogP contribution in [0.5, 0.6) is 11.5 Å². The van der Waals surface area contributed by atoms with Crippen LogP contribution in [0.4, 0.5) is 38.0 Å². The number of fused-ring (bicyclic) bond motifs is 2. The normalized spacial score (nSPS) is 11.3. The second-order valence-corrected chi connectivity index (χ2v) is 16.3. The van der Waals surface area contributed by atoms with E-state index in [-0.39, 0.29) is 19.1 Å². The van der Waals surface area contributed by atoms with Crippen LogP contribution in [-0.2, 0) is 12.4 Å². The fraction of sp³-hybridized carbons (Fsp3) is 0.244. The lowest BCUT2D eigenvalue weighted by molar-refractivity contribution is -0.142. The zero-order valence-electron chi connectivity index (χ0n) is 35.8. The van der Waals surface area contributed by atoms with E-state index in [1.807, 2.05) is 44.2 Å². The summed E-state index contributed by atoms with van der Waals surface area (Å²) in [4.78, 5) is 41.4. The van der Waals surface area contributed by atoms with Crippen LogP contribution in [0, 0.1) is 27.7 Å². The quantitative estimate of drug-likeness (QED) is 0.120. The monoisotopic (exact) mass is 955 g/mol. The second-order valence-electron chi connectivity index (χ2n) is 14.7. The van der Waals surface area contributed by atoms with Crippen LogP contribution >= 0.6 is 23.1 Å². The number of rotatable bonds is 6. The molecule has 0 amide bonds. The summed E-state index contributed by atoms with van der Waals surface area (Å²) in [6, 6.07) is 18.9. The lowest BCUT2D eigenvalue weighted by Gasteiger charge is -2.11.